The number of hydrogen-bond donors (Lipinski definition) is 3. The fourth-order valence-electron chi connectivity index (χ4n) is 7.27. The Kier molecular flexibility index (Phi) is 2.51. The number of carbonyl (C=O) groups is 3. The quantitative estimate of drug-likeness (QED) is 0.582. The van der Waals surface area contributed by atoms with Crippen LogP contribution in [-0.2, 0) is 31.1 Å². The van der Waals surface area contributed by atoms with Gasteiger partial charge in [0.15, 0.2) is 11.0 Å². The maximum absolute atomic E-state index is 13.7. The summed E-state index contributed by atoms with van der Waals surface area (Å²) in [5.41, 5.74) is -6.52. The Hall–Kier alpha value is -2.49. The lowest BCUT2D eigenvalue weighted by Crippen LogP contribution is -2.68. The van der Waals surface area contributed by atoms with Crippen molar-refractivity contribution in [2.75, 3.05) is 11.9 Å². The minimum Gasteiger partial charge on any atom is -0.481 e. The van der Waals surface area contributed by atoms with E-state index in [0.29, 0.717) is 11.3 Å². The monoisotopic (exact) mass is 400 g/mol. The minimum atomic E-state index is -2.58. The summed E-state index contributed by atoms with van der Waals surface area (Å²) < 4.78 is 5.98. The van der Waals surface area contributed by atoms with Gasteiger partial charge in [0.1, 0.15) is 0 Å². The fraction of sp³-hybridized carbons (Fsp3) is 0.550. The van der Waals surface area contributed by atoms with E-state index in [9.17, 15) is 29.7 Å². The highest BCUT2D eigenvalue weighted by atomic mass is 16.7. The molecule has 0 saturated carbocycles. The summed E-state index contributed by atoms with van der Waals surface area (Å²) >= 11 is 0. The van der Waals surface area contributed by atoms with Crippen molar-refractivity contribution < 1.29 is 34.4 Å². The average Bonchev–Trinajstić information content (AvgIpc) is 3.11. The van der Waals surface area contributed by atoms with Crippen molar-refractivity contribution >= 4 is 23.5 Å². The Bertz CT molecular complexity index is 1080. The van der Waals surface area contributed by atoms with Gasteiger partial charge in [-0.3, -0.25) is 14.4 Å². The molecule has 3 saturated heterocycles. The zero-order chi connectivity index (χ0) is 20.9. The molecule has 0 aromatic heterocycles. The molecule has 3 fully saturated rings. The van der Waals surface area contributed by atoms with Gasteiger partial charge in [0.25, 0.3) is 5.91 Å². The topological polar surface area (TPSA) is 128 Å². The first-order chi connectivity index (χ1) is 13.4. The summed E-state index contributed by atoms with van der Waals surface area (Å²) in [6, 6.07) is 5.27. The molecule has 29 heavy (non-hydrogen) atoms. The van der Waals surface area contributed by atoms with E-state index in [2.05, 4.69) is 0 Å². The zero-order valence-electron chi connectivity index (χ0n) is 16.1. The number of anilines is 1. The average molecular weight is 400 g/mol. The van der Waals surface area contributed by atoms with Gasteiger partial charge >= 0.3 is 5.97 Å². The summed E-state index contributed by atoms with van der Waals surface area (Å²) in [6.45, 7) is 3.35. The molecular weight excluding hydrogens is 380 g/mol. The molecule has 1 aromatic carbocycles. The zero-order valence-corrected chi connectivity index (χ0v) is 16.1. The smallest absolute Gasteiger partial charge is 0.319 e. The fourth-order valence-corrected chi connectivity index (χ4v) is 7.27. The molecular formula is C20H20N2O7. The number of aliphatic carboxylic acids is 1. The number of aliphatic hydroxyl groups is 2. The van der Waals surface area contributed by atoms with Gasteiger partial charge in [0.05, 0.1) is 12.1 Å². The van der Waals surface area contributed by atoms with Crippen LogP contribution in [0.2, 0.25) is 0 Å². The van der Waals surface area contributed by atoms with E-state index in [0.717, 1.165) is 10.5 Å². The van der Waals surface area contributed by atoms with Gasteiger partial charge in [-0.15, -0.1) is 0 Å². The summed E-state index contributed by atoms with van der Waals surface area (Å²) in [6.07, 6.45) is -0.401. The Labute approximate surface area is 165 Å². The van der Waals surface area contributed by atoms with Crippen LogP contribution in [0.4, 0.5) is 5.69 Å². The van der Waals surface area contributed by atoms with Crippen molar-refractivity contribution in [2.24, 2.45) is 11.3 Å². The van der Waals surface area contributed by atoms with Crippen LogP contribution < -0.4 is 4.90 Å². The lowest BCUT2D eigenvalue weighted by Gasteiger charge is -2.47. The number of nitrogens with zero attached hydrogens (tertiary/aromatic N) is 2. The maximum atomic E-state index is 13.7. The first-order valence-electron chi connectivity index (χ1n) is 9.55. The Morgan fingerprint density at radius 1 is 1.24 bits per heavy atom. The third-order valence-corrected chi connectivity index (χ3v) is 8.10. The molecule has 0 bridgehead atoms. The molecule has 5 aliphatic rings. The SMILES string of the molecule is CN1C(=O)[C@]23O[C@]4(O)CC(=O)N5C(C)(C)[C@H](Cc6cccc1c62)[C@@]3(C(=O)O)[C@@]54O. The number of carbonyl (C=O) groups excluding carboxylic acids is 2. The maximum Gasteiger partial charge on any atom is 0.319 e. The standard InChI is InChI=1S/C20H20N2O7/c1-16(2)11-7-9-5-4-6-10-13(9)19(14(24)21(10)3)18(11,15(25)26)20(28)17(27,29-19)8-12(23)22(16)20/h4-6,11,27-28H,7-8H2,1-3H3,(H,25,26)/t11-,17+,18-,19+,20+/m0/s1. The second-order valence-corrected chi connectivity index (χ2v) is 9.34. The van der Waals surface area contributed by atoms with Crippen LogP contribution in [0, 0.1) is 11.3 Å². The molecule has 1 aromatic rings. The van der Waals surface area contributed by atoms with Crippen LogP contribution in [0.25, 0.3) is 0 Å². The second kappa shape index (κ2) is 4.19. The van der Waals surface area contributed by atoms with Gasteiger partial charge < -0.3 is 29.9 Å². The molecule has 152 valence electrons. The Morgan fingerprint density at radius 3 is 2.59 bits per heavy atom. The molecule has 4 aliphatic heterocycles. The van der Waals surface area contributed by atoms with Gasteiger partial charge in [0.2, 0.25) is 17.4 Å². The van der Waals surface area contributed by atoms with Crippen LogP contribution in [-0.4, -0.2) is 62.1 Å². The van der Waals surface area contributed by atoms with E-state index >= 15 is 0 Å². The van der Waals surface area contributed by atoms with Gasteiger partial charge in [-0.25, -0.2) is 0 Å². The Morgan fingerprint density at radius 2 is 1.93 bits per heavy atom. The van der Waals surface area contributed by atoms with E-state index < -0.39 is 58.2 Å². The lowest BCUT2D eigenvalue weighted by atomic mass is 9.51. The number of amides is 2. The number of ether oxygens (including phenoxy) is 1. The van der Waals surface area contributed by atoms with Gasteiger partial charge in [-0.05, 0) is 31.9 Å². The van der Waals surface area contributed by atoms with E-state index in [4.69, 9.17) is 4.74 Å². The first kappa shape index (κ1) is 17.4. The number of hydrogen-bond acceptors (Lipinski definition) is 6. The third kappa shape index (κ3) is 1.22. The number of benzene rings is 1. The lowest BCUT2D eigenvalue weighted by molar-refractivity contribution is -0.287. The molecule has 4 heterocycles. The van der Waals surface area contributed by atoms with E-state index in [1.165, 1.54) is 11.9 Å². The molecule has 5 atom stereocenters. The van der Waals surface area contributed by atoms with E-state index in [1.807, 2.05) is 0 Å². The Balaban J connectivity index is 1.85. The van der Waals surface area contributed by atoms with Crippen molar-refractivity contribution in [1.82, 2.24) is 4.90 Å². The van der Waals surface area contributed by atoms with Crippen molar-refractivity contribution in [2.45, 2.75) is 49.3 Å². The molecule has 9 nitrogen and oxygen atoms in total. The summed E-state index contributed by atoms with van der Waals surface area (Å²) in [4.78, 5) is 42.0. The molecule has 1 aliphatic carbocycles. The van der Waals surface area contributed by atoms with Crippen LogP contribution >= 0.6 is 0 Å². The van der Waals surface area contributed by atoms with E-state index in [-0.39, 0.29) is 6.42 Å². The predicted molar refractivity (Wildman–Crippen MR) is 95.3 cm³/mol. The predicted octanol–water partition coefficient (Wildman–Crippen LogP) is -0.466. The number of rotatable bonds is 1. The summed E-state index contributed by atoms with van der Waals surface area (Å²) in [7, 11) is 1.52. The number of carboxylic acid groups (broad SMARTS) is 1. The van der Waals surface area contributed by atoms with Crippen molar-refractivity contribution in [3.8, 4) is 0 Å². The number of likely N-dealkylation sites (N-methyl/N-ethyl adjacent to an activating group) is 1. The second-order valence-electron chi connectivity index (χ2n) is 9.34. The van der Waals surface area contributed by atoms with Crippen molar-refractivity contribution in [3.05, 3.63) is 29.3 Å². The normalized spacial score (nSPS) is 45.1. The molecule has 0 radical (unpaired) electrons. The van der Waals surface area contributed by atoms with E-state index in [1.54, 1.807) is 32.0 Å². The summed E-state index contributed by atoms with van der Waals surface area (Å²) in [5, 5.41) is 34.0. The molecule has 9 heteroatoms. The van der Waals surface area contributed by atoms with Crippen molar-refractivity contribution in [1.29, 1.82) is 0 Å². The van der Waals surface area contributed by atoms with Crippen LogP contribution in [0.1, 0.15) is 31.4 Å². The number of carboxylic acids is 1. The van der Waals surface area contributed by atoms with Gasteiger partial charge in [0, 0.05) is 24.1 Å². The highest BCUT2D eigenvalue weighted by Gasteiger charge is 2.98. The molecule has 6 rings (SSSR count). The summed E-state index contributed by atoms with van der Waals surface area (Å²) in [5.74, 6) is -6.12. The highest BCUT2D eigenvalue weighted by molar-refractivity contribution is 6.12. The van der Waals surface area contributed by atoms with Crippen LogP contribution in [0.3, 0.4) is 0 Å². The van der Waals surface area contributed by atoms with Crippen LogP contribution in [0.15, 0.2) is 18.2 Å². The van der Waals surface area contributed by atoms with Gasteiger partial charge in [-0.1, -0.05) is 12.1 Å². The molecule has 0 unspecified atom stereocenters. The van der Waals surface area contributed by atoms with Gasteiger partial charge in [-0.2, -0.15) is 0 Å². The largest absolute Gasteiger partial charge is 0.481 e. The van der Waals surface area contributed by atoms with Crippen molar-refractivity contribution in [3.63, 3.8) is 0 Å². The minimum absolute atomic E-state index is 0.219. The third-order valence-electron chi connectivity index (χ3n) is 8.10. The molecule has 1 spiro atoms. The van der Waals surface area contributed by atoms with Crippen LogP contribution in [0.5, 0.6) is 0 Å². The highest BCUT2D eigenvalue weighted by Crippen LogP contribution is 2.79. The first-order valence-corrected chi connectivity index (χ1v) is 9.55. The molecule has 2 amide bonds. The molecule has 3 N–H and O–H groups in total.